The van der Waals surface area contributed by atoms with Gasteiger partial charge in [-0.25, -0.2) is 9.18 Å². The third-order valence-corrected chi connectivity index (χ3v) is 4.98. The Morgan fingerprint density at radius 3 is 2.32 bits per heavy atom. The van der Waals surface area contributed by atoms with Crippen LogP contribution in [0.1, 0.15) is 45.4 Å². The minimum absolute atomic E-state index is 0.0477. The van der Waals surface area contributed by atoms with Crippen molar-refractivity contribution >= 4 is 5.97 Å². The molecule has 4 bridgehead atoms. The monoisotopic (exact) mass is 276 g/mol. The van der Waals surface area contributed by atoms with Gasteiger partial charge < -0.3 is 4.74 Å². The number of hydrogen-bond donors (Lipinski definition) is 0. The van der Waals surface area contributed by atoms with Crippen molar-refractivity contribution in [3.63, 3.8) is 0 Å². The fourth-order valence-electron chi connectivity index (χ4n) is 4.85. The number of halogens is 3. The summed E-state index contributed by atoms with van der Waals surface area (Å²) in [6, 6.07) is 0. The number of rotatable bonds is 3. The highest BCUT2D eigenvalue weighted by Gasteiger charge is 2.58. The topological polar surface area (TPSA) is 26.3 Å². The predicted molar refractivity (Wildman–Crippen MR) is 62.5 cm³/mol. The van der Waals surface area contributed by atoms with E-state index >= 15 is 0 Å². The zero-order chi connectivity index (χ0) is 13.9. The molecule has 4 fully saturated rings. The van der Waals surface area contributed by atoms with Crippen molar-refractivity contribution in [1.29, 1.82) is 0 Å². The molecule has 4 aliphatic rings. The van der Waals surface area contributed by atoms with Crippen molar-refractivity contribution in [3.8, 4) is 0 Å². The summed E-state index contributed by atoms with van der Waals surface area (Å²) >= 11 is 0. The summed E-state index contributed by atoms with van der Waals surface area (Å²) in [6.45, 7) is 0.486. The van der Waals surface area contributed by atoms with Gasteiger partial charge in [0.25, 0.3) is 0 Å². The van der Waals surface area contributed by atoms with Crippen LogP contribution >= 0.6 is 0 Å². The average Bonchev–Trinajstić information content (AvgIpc) is 2.21. The van der Waals surface area contributed by atoms with E-state index in [1.54, 1.807) is 0 Å². The van der Waals surface area contributed by atoms with Crippen LogP contribution in [0.2, 0.25) is 0 Å². The summed E-state index contributed by atoms with van der Waals surface area (Å²) in [5.74, 6) is -4.27. The molecule has 0 aliphatic heterocycles. The highest BCUT2D eigenvalue weighted by atomic mass is 19.3. The maximum Gasteiger partial charge on any atom is 0.376 e. The van der Waals surface area contributed by atoms with Gasteiger partial charge in [0, 0.05) is 12.3 Å². The largest absolute Gasteiger partial charge is 0.461 e. The second-order valence-electron chi connectivity index (χ2n) is 7.08. The molecule has 4 aliphatic carbocycles. The van der Waals surface area contributed by atoms with E-state index in [2.05, 4.69) is 0 Å². The van der Waals surface area contributed by atoms with Crippen LogP contribution < -0.4 is 0 Å². The van der Waals surface area contributed by atoms with Gasteiger partial charge in [-0.05, 0) is 50.4 Å². The lowest BCUT2D eigenvalue weighted by atomic mass is 9.49. The van der Waals surface area contributed by atoms with Crippen LogP contribution in [0.3, 0.4) is 0 Å². The van der Waals surface area contributed by atoms with E-state index in [-0.39, 0.29) is 12.0 Å². The fraction of sp³-hybridized carbons (Fsp3) is 0.929. The van der Waals surface area contributed by atoms with Gasteiger partial charge in [-0.1, -0.05) is 0 Å². The van der Waals surface area contributed by atoms with Gasteiger partial charge in [0.1, 0.15) is 5.67 Å². The minimum Gasteiger partial charge on any atom is -0.461 e. The van der Waals surface area contributed by atoms with Crippen LogP contribution in [-0.2, 0) is 9.53 Å². The van der Waals surface area contributed by atoms with Crippen molar-refractivity contribution in [1.82, 2.24) is 0 Å². The first-order valence-electron chi connectivity index (χ1n) is 6.94. The van der Waals surface area contributed by atoms with Crippen LogP contribution in [-0.4, -0.2) is 24.2 Å². The maximum absolute atomic E-state index is 14.6. The van der Waals surface area contributed by atoms with Gasteiger partial charge in [0.15, 0.2) is 0 Å². The van der Waals surface area contributed by atoms with Crippen LogP contribution in [0.5, 0.6) is 0 Å². The zero-order valence-corrected chi connectivity index (χ0v) is 11.1. The summed E-state index contributed by atoms with van der Waals surface area (Å²) in [4.78, 5) is 11.2. The van der Waals surface area contributed by atoms with E-state index in [0.717, 1.165) is 19.3 Å². The molecule has 0 saturated heterocycles. The highest BCUT2D eigenvalue weighted by Crippen LogP contribution is 2.63. The SMILES string of the molecule is CC(F)(F)C(=O)OCC12CC3CC(CC(F)(C3)C1)C2. The van der Waals surface area contributed by atoms with E-state index < -0.39 is 17.6 Å². The zero-order valence-electron chi connectivity index (χ0n) is 11.1. The van der Waals surface area contributed by atoms with Crippen molar-refractivity contribution < 1.29 is 22.7 Å². The molecule has 0 aromatic rings. The molecule has 2 atom stereocenters. The molecule has 19 heavy (non-hydrogen) atoms. The number of alkyl halides is 3. The second kappa shape index (κ2) is 3.89. The molecule has 0 aromatic carbocycles. The molecule has 2 nitrogen and oxygen atoms in total. The van der Waals surface area contributed by atoms with Crippen LogP contribution in [0.4, 0.5) is 13.2 Å². The Hall–Kier alpha value is -0.740. The standard InChI is InChI=1S/C14H19F3O2/c1-12(15,16)11(18)19-8-13-3-9-2-10(4-13)6-14(17,5-9)7-13/h9-10H,2-8H2,1H3. The number of esters is 1. The summed E-state index contributed by atoms with van der Waals surface area (Å²) in [5, 5.41) is 0. The summed E-state index contributed by atoms with van der Waals surface area (Å²) in [6.07, 6.45) is 4.25. The van der Waals surface area contributed by atoms with Gasteiger partial charge in [-0.2, -0.15) is 8.78 Å². The van der Waals surface area contributed by atoms with Gasteiger partial charge in [0.05, 0.1) is 6.61 Å². The third kappa shape index (κ3) is 2.36. The van der Waals surface area contributed by atoms with Gasteiger partial charge in [-0.15, -0.1) is 0 Å². The van der Waals surface area contributed by atoms with Gasteiger partial charge in [-0.3, -0.25) is 0 Å². The number of ether oxygens (including phenoxy) is 1. The molecule has 0 N–H and O–H groups in total. The lowest BCUT2D eigenvalue weighted by molar-refractivity contribution is -0.186. The molecule has 5 heteroatoms. The number of carbonyl (C=O) groups is 1. The van der Waals surface area contributed by atoms with E-state index in [1.165, 1.54) is 0 Å². The second-order valence-corrected chi connectivity index (χ2v) is 7.08. The summed E-state index contributed by atoms with van der Waals surface area (Å²) in [5.41, 5.74) is -1.54. The molecular formula is C14H19F3O2. The molecule has 0 aromatic heterocycles. The molecule has 0 spiro atoms. The molecule has 0 radical (unpaired) electrons. The fourth-order valence-corrected chi connectivity index (χ4v) is 4.85. The average molecular weight is 276 g/mol. The van der Waals surface area contributed by atoms with Crippen LogP contribution in [0.15, 0.2) is 0 Å². The third-order valence-electron chi connectivity index (χ3n) is 4.98. The Kier molecular flexibility index (Phi) is 2.71. The Labute approximate surface area is 110 Å². The van der Waals surface area contributed by atoms with Crippen LogP contribution in [0, 0.1) is 17.3 Å². The first-order chi connectivity index (χ1) is 8.70. The van der Waals surface area contributed by atoms with Gasteiger partial charge in [0.2, 0.25) is 0 Å². The van der Waals surface area contributed by atoms with E-state index in [4.69, 9.17) is 4.74 Å². The summed E-state index contributed by atoms with van der Waals surface area (Å²) < 4.78 is 45.0. The molecule has 108 valence electrons. The lowest BCUT2D eigenvalue weighted by Crippen LogP contribution is -2.55. The molecule has 0 heterocycles. The van der Waals surface area contributed by atoms with Gasteiger partial charge >= 0.3 is 11.9 Å². The number of carbonyl (C=O) groups excluding carboxylic acids is 1. The predicted octanol–water partition coefficient (Wildman–Crippen LogP) is 3.49. The molecule has 4 rings (SSSR count). The Bertz CT molecular complexity index is 388. The van der Waals surface area contributed by atoms with Crippen molar-refractivity contribution in [3.05, 3.63) is 0 Å². The quantitative estimate of drug-likeness (QED) is 0.737. The molecule has 4 saturated carbocycles. The summed E-state index contributed by atoms with van der Waals surface area (Å²) in [7, 11) is 0. The van der Waals surface area contributed by atoms with Crippen molar-refractivity contribution in [2.75, 3.05) is 6.61 Å². The Morgan fingerprint density at radius 1 is 1.26 bits per heavy atom. The van der Waals surface area contributed by atoms with Crippen molar-refractivity contribution in [2.45, 2.75) is 57.0 Å². The first kappa shape index (κ1) is 13.3. The first-order valence-corrected chi connectivity index (χ1v) is 6.94. The van der Waals surface area contributed by atoms with E-state index in [9.17, 15) is 18.0 Å². The normalized spacial score (nSPS) is 44.4. The molecule has 2 unspecified atom stereocenters. The maximum atomic E-state index is 14.6. The van der Waals surface area contributed by atoms with E-state index in [1.807, 2.05) is 0 Å². The smallest absolute Gasteiger partial charge is 0.376 e. The Balaban J connectivity index is 1.69. The Morgan fingerprint density at radius 2 is 1.84 bits per heavy atom. The van der Waals surface area contributed by atoms with E-state index in [0.29, 0.717) is 38.0 Å². The molecular weight excluding hydrogens is 257 g/mol. The number of hydrogen-bond acceptors (Lipinski definition) is 2. The van der Waals surface area contributed by atoms with Crippen molar-refractivity contribution in [2.24, 2.45) is 17.3 Å². The highest BCUT2D eigenvalue weighted by molar-refractivity contribution is 5.76. The van der Waals surface area contributed by atoms with Crippen LogP contribution in [0.25, 0.3) is 0 Å². The minimum atomic E-state index is -3.46. The molecule has 0 amide bonds. The lowest BCUT2D eigenvalue weighted by Gasteiger charge is -2.58.